The Hall–Kier alpha value is 0.110. The van der Waals surface area contributed by atoms with Gasteiger partial charge in [-0.25, -0.2) is 0 Å². The van der Waals surface area contributed by atoms with E-state index in [2.05, 4.69) is 0 Å². The Morgan fingerprint density at radius 1 is 1.10 bits per heavy atom. The molecule has 7 atom stereocenters. The van der Waals surface area contributed by atoms with Crippen molar-refractivity contribution in [1.82, 2.24) is 0 Å². The van der Waals surface area contributed by atoms with Crippen LogP contribution in [0.2, 0.25) is 0 Å². The summed E-state index contributed by atoms with van der Waals surface area (Å²) in [5, 5.41) is 49.0. The van der Waals surface area contributed by atoms with Gasteiger partial charge in [0.2, 0.25) is 0 Å². The van der Waals surface area contributed by atoms with Crippen molar-refractivity contribution in [1.29, 1.82) is 0 Å². The second-order valence-corrected chi connectivity index (χ2v) is 8.14. The summed E-state index contributed by atoms with van der Waals surface area (Å²) in [6.45, 7) is 3.65. The zero-order valence-corrected chi connectivity index (χ0v) is 13.2. The zero-order chi connectivity index (χ0) is 15.8. The van der Waals surface area contributed by atoms with Gasteiger partial charge in [0.05, 0.1) is 12.7 Å². The molecule has 5 unspecified atom stereocenters. The van der Waals surface area contributed by atoms with E-state index < -0.39 is 42.6 Å². The monoisotopic (exact) mass is 322 g/mol. The molecule has 7 heteroatoms. The molecule has 2 rings (SSSR count). The van der Waals surface area contributed by atoms with E-state index in [1.807, 2.05) is 13.8 Å². The van der Waals surface area contributed by atoms with Gasteiger partial charge in [-0.3, -0.25) is 0 Å². The molecule has 1 saturated heterocycles. The Labute approximate surface area is 129 Å². The van der Waals surface area contributed by atoms with Gasteiger partial charge in [-0.2, -0.15) is 0 Å². The van der Waals surface area contributed by atoms with E-state index in [1.165, 1.54) is 11.8 Å². The molecule has 1 saturated carbocycles. The summed E-state index contributed by atoms with van der Waals surface area (Å²) >= 11 is 1.36. The van der Waals surface area contributed by atoms with Crippen LogP contribution in [0.15, 0.2) is 0 Å². The van der Waals surface area contributed by atoms with Crippen molar-refractivity contribution in [3.05, 3.63) is 0 Å². The second kappa shape index (κ2) is 6.70. The van der Waals surface area contributed by atoms with Crippen molar-refractivity contribution in [3.8, 4) is 0 Å². The smallest absolute Gasteiger partial charge is 0.132 e. The minimum absolute atomic E-state index is 0.105. The van der Waals surface area contributed by atoms with Gasteiger partial charge in [0.25, 0.3) is 0 Å². The lowest BCUT2D eigenvalue weighted by Gasteiger charge is -2.43. The molecule has 6 nitrogen and oxygen atoms in total. The van der Waals surface area contributed by atoms with Crippen LogP contribution in [0, 0.1) is 5.41 Å². The molecule has 0 aromatic carbocycles. The van der Waals surface area contributed by atoms with Gasteiger partial charge in [-0.05, 0) is 24.7 Å². The van der Waals surface area contributed by atoms with E-state index in [1.54, 1.807) is 0 Å². The van der Waals surface area contributed by atoms with Crippen LogP contribution in [0.5, 0.6) is 0 Å². The summed E-state index contributed by atoms with van der Waals surface area (Å²) in [7, 11) is 0. The number of aliphatic hydroxyl groups is 5. The largest absolute Gasteiger partial charge is 0.394 e. The van der Waals surface area contributed by atoms with E-state index in [-0.39, 0.29) is 10.7 Å². The zero-order valence-electron chi connectivity index (χ0n) is 12.4. The lowest BCUT2D eigenvalue weighted by atomic mass is 9.75. The summed E-state index contributed by atoms with van der Waals surface area (Å²) in [4.78, 5) is 0. The molecule has 2 aliphatic rings. The van der Waals surface area contributed by atoms with Crippen molar-refractivity contribution in [3.63, 3.8) is 0 Å². The third-order valence-corrected chi connectivity index (χ3v) is 6.15. The van der Waals surface area contributed by atoms with Crippen molar-refractivity contribution in [2.75, 3.05) is 6.61 Å². The van der Waals surface area contributed by atoms with Crippen LogP contribution < -0.4 is 0 Å². The number of hydrogen-bond acceptors (Lipinski definition) is 7. The minimum Gasteiger partial charge on any atom is -0.394 e. The molecule has 0 aromatic heterocycles. The molecule has 1 aliphatic heterocycles. The Bertz CT molecular complexity index is 350. The minimum atomic E-state index is -1.33. The van der Waals surface area contributed by atoms with Gasteiger partial charge in [0.1, 0.15) is 29.9 Å². The molecule has 2 fully saturated rings. The normalized spacial score (nSPS) is 47.3. The third kappa shape index (κ3) is 3.72. The van der Waals surface area contributed by atoms with E-state index >= 15 is 0 Å². The number of ether oxygens (including phenoxy) is 1. The maximum Gasteiger partial charge on any atom is 0.132 e. The van der Waals surface area contributed by atoms with Gasteiger partial charge < -0.3 is 30.3 Å². The fraction of sp³-hybridized carbons (Fsp3) is 1.00. The molecular weight excluding hydrogens is 296 g/mol. The average molecular weight is 322 g/mol. The second-order valence-electron chi connectivity index (χ2n) is 6.73. The van der Waals surface area contributed by atoms with Crippen LogP contribution in [0.1, 0.15) is 33.1 Å². The highest BCUT2D eigenvalue weighted by atomic mass is 32.2. The first-order valence-corrected chi connectivity index (χ1v) is 8.34. The van der Waals surface area contributed by atoms with E-state index in [4.69, 9.17) is 4.74 Å². The summed E-state index contributed by atoms with van der Waals surface area (Å²) in [6, 6.07) is 0. The number of rotatable bonds is 3. The van der Waals surface area contributed by atoms with E-state index in [0.717, 1.165) is 12.8 Å². The van der Waals surface area contributed by atoms with Gasteiger partial charge in [-0.1, -0.05) is 13.8 Å². The van der Waals surface area contributed by atoms with Crippen LogP contribution in [0.25, 0.3) is 0 Å². The molecule has 0 amide bonds. The quantitative estimate of drug-likeness (QED) is 0.474. The Morgan fingerprint density at radius 3 is 2.33 bits per heavy atom. The first-order valence-electron chi connectivity index (χ1n) is 7.40. The maximum absolute atomic E-state index is 10.1. The average Bonchev–Trinajstić information content (AvgIpc) is 2.44. The summed E-state index contributed by atoms with van der Waals surface area (Å²) in [6.07, 6.45) is -2.77. The molecule has 21 heavy (non-hydrogen) atoms. The van der Waals surface area contributed by atoms with Gasteiger partial charge in [0, 0.05) is 5.25 Å². The van der Waals surface area contributed by atoms with Gasteiger partial charge >= 0.3 is 0 Å². The highest BCUT2D eigenvalue weighted by Gasteiger charge is 2.45. The lowest BCUT2D eigenvalue weighted by Crippen LogP contribution is -2.58. The van der Waals surface area contributed by atoms with Crippen LogP contribution in [0.3, 0.4) is 0 Å². The molecule has 124 valence electrons. The molecule has 1 aliphatic carbocycles. The van der Waals surface area contributed by atoms with Crippen molar-refractivity contribution in [2.24, 2.45) is 5.41 Å². The summed E-state index contributed by atoms with van der Waals surface area (Å²) in [5.41, 5.74) is -0.814. The molecule has 0 aromatic rings. The van der Waals surface area contributed by atoms with Crippen molar-refractivity contribution in [2.45, 2.75) is 74.3 Å². The fourth-order valence-electron chi connectivity index (χ4n) is 2.88. The van der Waals surface area contributed by atoms with Crippen molar-refractivity contribution < 1.29 is 30.3 Å². The molecule has 1 heterocycles. The number of hydrogen-bond donors (Lipinski definition) is 5. The fourth-order valence-corrected chi connectivity index (χ4v) is 4.33. The molecule has 0 radical (unpaired) electrons. The first-order chi connectivity index (χ1) is 9.76. The Balaban J connectivity index is 1.96. The number of aliphatic hydroxyl groups excluding tert-OH is 5. The predicted octanol–water partition coefficient (Wildman–Crippen LogP) is -0.541. The van der Waals surface area contributed by atoms with Crippen LogP contribution in [-0.4, -0.2) is 73.3 Å². The third-order valence-electron chi connectivity index (χ3n) is 4.67. The first kappa shape index (κ1) is 17.5. The Kier molecular flexibility index (Phi) is 5.57. The summed E-state index contributed by atoms with van der Waals surface area (Å²) in [5.74, 6) is 0. The van der Waals surface area contributed by atoms with Crippen LogP contribution in [0.4, 0.5) is 0 Å². The topological polar surface area (TPSA) is 110 Å². The maximum atomic E-state index is 10.1. The van der Waals surface area contributed by atoms with E-state index in [0.29, 0.717) is 6.42 Å². The molecule has 0 spiro atoms. The van der Waals surface area contributed by atoms with E-state index in [9.17, 15) is 25.5 Å². The SMILES string of the molecule is CC1(C)CCC(S[C@@H]2OC(CO)[C@H](O)C(O)C2O)CC1O. The predicted molar refractivity (Wildman–Crippen MR) is 78.8 cm³/mol. The van der Waals surface area contributed by atoms with Crippen molar-refractivity contribution >= 4 is 11.8 Å². The highest BCUT2D eigenvalue weighted by Crippen LogP contribution is 2.42. The van der Waals surface area contributed by atoms with Gasteiger partial charge in [-0.15, -0.1) is 11.8 Å². The van der Waals surface area contributed by atoms with Crippen LogP contribution >= 0.6 is 11.8 Å². The lowest BCUT2D eigenvalue weighted by molar-refractivity contribution is -0.205. The molecule has 5 N–H and O–H groups in total. The highest BCUT2D eigenvalue weighted by molar-refractivity contribution is 8.00. The number of thioether (sulfide) groups is 1. The molecule has 0 bridgehead atoms. The standard InChI is InChI=1S/C14H26O6S/c1-14(2)4-3-7(5-9(14)16)21-13-12(19)11(18)10(17)8(6-15)20-13/h7-13,15-19H,3-6H2,1-2H3/t7?,8?,9?,10-,11?,12?,13-/m0/s1. The van der Waals surface area contributed by atoms with Crippen LogP contribution in [-0.2, 0) is 4.74 Å². The molecular formula is C14H26O6S. The van der Waals surface area contributed by atoms with Gasteiger partial charge in [0.15, 0.2) is 0 Å². The Morgan fingerprint density at radius 2 is 1.76 bits per heavy atom. The summed E-state index contributed by atoms with van der Waals surface area (Å²) < 4.78 is 5.49.